The molecule has 1 aromatic heterocycles. The van der Waals surface area contributed by atoms with E-state index in [0.717, 1.165) is 60.4 Å². The van der Waals surface area contributed by atoms with E-state index >= 15 is 0 Å². The number of thioether (sulfide) groups is 1. The van der Waals surface area contributed by atoms with E-state index in [0.29, 0.717) is 18.5 Å². The van der Waals surface area contributed by atoms with Gasteiger partial charge in [0.05, 0.1) is 11.2 Å². The Morgan fingerprint density at radius 1 is 1.29 bits per heavy atom. The Morgan fingerprint density at radius 2 is 2.06 bits per heavy atom. The molecule has 2 aliphatic heterocycles. The van der Waals surface area contributed by atoms with Crippen LogP contribution in [0, 0.1) is 0 Å². The third-order valence-corrected chi connectivity index (χ3v) is 7.65. The fourth-order valence-electron chi connectivity index (χ4n) is 4.75. The summed E-state index contributed by atoms with van der Waals surface area (Å²) in [5, 5.41) is 1.13. The minimum Gasteiger partial charge on any atom is -0.385 e. The number of nitrogens with two attached hydrogens (primary N) is 1. The molecule has 1 unspecified atom stereocenters. The number of amides is 1. The van der Waals surface area contributed by atoms with Crippen LogP contribution in [-0.2, 0) is 9.53 Å². The van der Waals surface area contributed by atoms with Gasteiger partial charge in [0, 0.05) is 70.1 Å². The Morgan fingerprint density at radius 3 is 2.74 bits per heavy atom. The number of unbranched alkanes of at least 4 members (excludes halogenated alkanes) is 1. The van der Waals surface area contributed by atoms with Crippen LogP contribution in [0.15, 0.2) is 24.3 Å². The van der Waals surface area contributed by atoms with Crippen molar-refractivity contribution in [2.24, 2.45) is 0 Å². The zero-order valence-corrected chi connectivity index (χ0v) is 19.5. The SMILES string of the molecule is COCCC1N(C)c2c(N)nc3ccccc3c2N1CCCCN(C(C)=O)C1CSC1. The number of aromatic nitrogens is 1. The Bertz CT molecular complexity index is 936. The number of pyridine rings is 1. The van der Waals surface area contributed by atoms with Crippen LogP contribution in [0.2, 0.25) is 0 Å². The molecule has 168 valence electrons. The number of carbonyl (C=O) groups is 1. The first-order valence-electron chi connectivity index (χ1n) is 11.0. The molecule has 3 heterocycles. The maximum Gasteiger partial charge on any atom is 0.219 e. The van der Waals surface area contributed by atoms with Crippen LogP contribution in [0.5, 0.6) is 0 Å². The van der Waals surface area contributed by atoms with E-state index in [1.807, 2.05) is 23.9 Å². The zero-order valence-electron chi connectivity index (χ0n) is 18.7. The average Bonchev–Trinajstić information content (AvgIpc) is 2.99. The second kappa shape index (κ2) is 9.53. The molecule has 1 aromatic carbocycles. The van der Waals surface area contributed by atoms with E-state index in [1.54, 1.807) is 14.0 Å². The summed E-state index contributed by atoms with van der Waals surface area (Å²) in [4.78, 5) is 23.5. The molecule has 2 aliphatic rings. The first kappa shape index (κ1) is 22.0. The summed E-state index contributed by atoms with van der Waals surface area (Å²) in [6, 6.07) is 8.63. The number of rotatable bonds is 9. The molecule has 0 aliphatic carbocycles. The highest BCUT2D eigenvalue weighted by molar-refractivity contribution is 8.00. The number of hydrogen-bond acceptors (Lipinski definition) is 7. The standard InChI is InChI=1S/C23H33N5O2S/c1-16(29)27(17-14-31-15-17)11-6-7-12-28-20(10-13-30-3)26(2)22-21(28)18-8-4-5-9-19(18)25-23(22)24/h4-5,8-9,17,20H,6-7,10-15H2,1-3H3,(H2,24,25). The fraction of sp³-hybridized carbons (Fsp3) is 0.565. The van der Waals surface area contributed by atoms with Gasteiger partial charge >= 0.3 is 0 Å². The normalized spacial score (nSPS) is 18.4. The topological polar surface area (TPSA) is 74.9 Å². The van der Waals surface area contributed by atoms with Crippen LogP contribution in [0.4, 0.5) is 17.2 Å². The smallest absolute Gasteiger partial charge is 0.219 e. The molecule has 0 radical (unpaired) electrons. The summed E-state index contributed by atoms with van der Waals surface area (Å²) >= 11 is 1.92. The quantitative estimate of drug-likeness (QED) is 0.597. The third-order valence-electron chi connectivity index (χ3n) is 6.41. The van der Waals surface area contributed by atoms with E-state index in [-0.39, 0.29) is 12.1 Å². The molecule has 7 nitrogen and oxygen atoms in total. The van der Waals surface area contributed by atoms with Crippen molar-refractivity contribution in [2.75, 3.05) is 60.9 Å². The Balaban J connectivity index is 1.54. The molecule has 1 amide bonds. The van der Waals surface area contributed by atoms with Crippen LogP contribution in [0.3, 0.4) is 0 Å². The van der Waals surface area contributed by atoms with Crippen molar-refractivity contribution in [1.82, 2.24) is 9.88 Å². The van der Waals surface area contributed by atoms with Crippen LogP contribution in [-0.4, -0.2) is 73.4 Å². The molecule has 4 rings (SSSR count). The van der Waals surface area contributed by atoms with Crippen molar-refractivity contribution in [2.45, 2.75) is 38.4 Å². The number of nitrogens with zero attached hydrogens (tertiary/aromatic N) is 4. The number of anilines is 3. The van der Waals surface area contributed by atoms with Crippen LogP contribution in [0.1, 0.15) is 26.2 Å². The Labute approximate surface area is 188 Å². The van der Waals surface area contributed by atoms with Crippen LogP contribution < -0.4 is 15.5 Å². The van der Waals surface area contributed by atoms with Gasteiger partial charge in [0.25, 0.3) is 0 Å². The van der Waals surface area contributed by atoms with Crippen molar-refractivity contribution in [1.29, 1.82) is 0 Å². The minimum atomic E-state index is 0.178. The number of carbonyl (C=O) groups excluding carboxylic acids is 1. The number of para-hydroxylation sites is 1. The molecular formula is C23H33N5O2S. The van der Waals surface area contributed by atoms with Crippen molar-refractivity contribution in [3.63, 3.8) is 0 Å². The lowest BCUT2D eigenvalue weighted by molar-refractivity contribution is -0.130. The molecule has 1 saturated heterocycles. The lowest BCUT2D eigenvalue weighted by Gasteiger charge is -2.37. The van der Waals surface area contributed by atoms with E-state index in [1.165, 1.54) is 5.69 Å². The summed E-state index contributed by atoms with van der Waals surface area (Å²) in [6.45, 7) is 4.11. The third kappa shape index (κ3) is 4.28. The van der Waals surface area contributed by atoms with E-state index in [4.69, 9.17) is 10.5 Å². The van der Waals surface area contributed by atoms with Gasteiger partial charge in [-0.25, -0.2) is 4.98 Å². The molecular weight excluding hydrogens is 410 g/mol. The van der Waals surface area contributed by atoms with Gasteiger partial charge in [-0.05, 0) is 18.9 Å². The first-order valence-corrected chi connectivity index (χ1v) is 12.2. The second-order valence-electron chi connectivity index (χ2n) is 8.39. The van der Waals surface area contributed by atoms with Gasteiger partial charge < -0.3 is 25.2 Å². The molecule has 8 heteroatoms. The summed E-state index contributed by atoms with van der Waals surface area (Å²) in [6.07, 6.45) is 3.06. The fourth-order valence-corrected chi connectivity index (χ4v) is 5.55. The predicted molar refractivity (Wildman–Crippen MR) is 130 cm³/mol. The number of ether oxygens (including phenoxy) is 1. The van der Waals surface area contributed by atoms with E-state index in [2.05, 4.69) is 38.9 Å². The highest BCUT2D eigenvalue weighted by Gasteiger charge is 2.36. The molecule has 0 bridgehead atoms. The maximum absolute atomic E-state index is 12.1. The average molecular weight is 444 g/mol. The number of benzene rings is 1. The number of nitrogen functional groups attached to an aromatic ring is 1. The largest absolute Gasteiger partial charge is 0.385 e. The molecule has 31 heavy (non-hydrogen) atoms. The Kier molecular flexibility index (Phi) is 6.77. The van der Waals surface area contributed by atoms with Gasteiger partial charge in [0.2, 0.25) is 5.91 Å². The Hall–Kier alpha value is -2.19. The van der Waals surface area contributed by atoms with Crippen molar-refractivity contribution < 1.29 is 9.53 Å². The summed E-state index contributed by atoms with van der Waals surface area (Å²) in [7, 11) is 3.84. The molecule has 2 aromatic rings. The number of hydrogen-bond donors (Lipinski definition) is 1. The lowest BCUT2D eigenvalue weighted by atomic mass is 10.1. The van der Waals surface area contributed by atoms with Crippen molar-refractivity contribution in [3.8, 4) is 0 Å². The zero-order chi connectivity index (χ0) is 22.0. The van der Waals surface area contributed by atoms with Gasteiger partial charge in [-0.15, -0.1) is 0 Å². The maximum atomic E-state index is 12.1. The van der Waals surface area contributed by atoms with Gasteiger partial charge in [-0.1, -0.05) is 18.2 Å². The van der Waals surface area contributed by atoms with Gasteiger partial charge in [0.15, 0.2) is 0 Å². The second-order valence-corrected chi connectivity index (χ2v) is 9.46. The predicted octanol–water partition coefficient (Wildman–Crippen LogP) is 3.18. The van der Waals surface area contributed by atoms with Crippen LogP contribution >= 0.6 is 11.8 Å². The summed E-state index contributed by atoms with van der Waals surface area (Å²) in [5.41, 5.74) is 9.52. The molecule has 0 saturated carbocycles. The number of fused-ring (bicyclic) bond motifs is 3. The molecule has 2 N–H and O–H groups in total. The molecule has 1 atom stereocenters. The van der Waals surface area contributed by atoms with Gasteiger partial charge in [-0.2, -0.15) is 11.8 Å². The minimum absolute atomic E-state index is 0.178. The highest BCUT2D eigenvalue weighted by atomic mass is 32.2. The van der Waals surface area contributed by atoms with Crippen molar-refractivity contribution >= 4 is 45.8 Å². The monoisotopic (exact) mass is 443 g/mol. The van der Waals surface area contributed by atoms with Crippen molar-refractivity contribution in [3.05, 3.63) is 24.3 Å². The number of methoxy groups -OCH3 is 1. The molecule has 0 spiro atoms. The van der Waals surface area contributed by atoms with Gasteiger partial charge in [0.1, 0.15) is 17.7 Å². The summed E-state index contributed by atoms with van der Waals surface area (Å²) in [5.74, 6) is 2.91. The lowest BCUT2D eigenvalue weighted by Crippen LogP contribution is -2.47. The van der Waals surface area contributed by atoms with Gasteiger partial charge in [-0.3, -0.25) is 4.79 Å². The van der Waals surface area contributed by atoms with E-state index in [9.17, 15) is 4.79 Å². The first-order chi connectivity index (χ1) is 15.0. The summed E-state index contributed by atoms with van der Waals surface area (Å²) < 4.78 is 5.40. The van der Waals surface area contributed by atoms with E-state index < -0.39 is 0 Å². The molecule has 1 fully saturated rings. The van der Waals surface area contributed by atoms with Crippen LogP contribution in [0.25, 0.3) is 10.9 Å². The highest BCUT2D eigenvalue weighted by Crippen LogP contribution is 2.47.